The van der Waals surface area contributed by atoms with Crippen LogP contribution in [-0.2, 0) is 4.79 Å². The topological polar surface area (TPSA) is 125 Å². The molecular weight excluding hydrogens is 452 g/mol. The Morgan fingerprint density at radius 3 is 2.78 bits per heavy atom. The SMILES string of the molecule is O=C(Nc1cncc(-c2ccc3[nH]nc(-c4nc5c(C6=CCC=NC6)cncc5[nH]4)c3c2)c1)C1CC1. The molecule has 9 nitrogen and oxygen atoms in total. The van der Waals surface area contributed by atoms with Crippen molar-refractivity contribution in [3.8, 4) is 22.6 Å². The highest BCUT2D eigenvalue weighted by molar-refractivity contribution is 5.98. The van der Waals surface area contributed by atoms with Gasteiger partial charge in [-0.05, 0) is 42.2 Å². The largest absolute Gasteiger partial charge is 0.335 e. The van der Waals surface area contributed by atoms with Crippen LogP contribution in [0.4, 0.5) is 5.69 Å². The Morgan fingerprint density at radius 1 is 1.00 bits per heavy atom. The molecule has 1 aliphatic heterocycles. The van der Waals surface area contributed by atoms with Gasteiger partial charge in [0.05, 0.1) is 41.2 Å². The molecule has 176 valence electrons. The van der Waals surface area contributed by atoms with E-state index in [2.05, 4.69) is 47.6 Å². The molecule has 5 heterocycles. The van der Waals surface area contributed by atoms with E-state index in [1.165, 1.54) is 0 Å². The van der Waals surface area contributed by atoms with Gasteiger partial charge in [0.25, 0.3) is 0 Å². The third kappa shape index (κ3) is 3.65. The number of benzene rings is 1. The Balaban J connectivity index is 1.27. The van der Waals surface area contributed by atoms with E-state index in [1.54, 1.807) is 18.6 Å². The van der Waals surface area contributed by atoms with Gasteiger partial charge in [-0.3, -0.25) is 24.9 Å². The van der Waals surface area contributed by atoms with Crippen LogP contribution in [0, 0.1) is 5.92 Å². The summed E-state index contributed by atoms with van der Waals surface area (Å²) in [5, 5.41) is 11.6. The fourth-order valence-corrected chi connectivity index (χ4v) is 4.60. The van der Waals surface area contributed by atoms with Crippen LogP contribution in [0.5, 0.6) is 0 Å². The zero-order valence-corrected chi connectivity index (χ0v) is 19.3. The van der Waals surface area contributed by atoms with Gasteiger partial charge in [-0.25, -0.2) is 4.98 Å². The number of hydrogen-bond acceptors (Lipinski definition) is 6. The quantitative estimate of drug-likeness (QED) is 0.338. The fourth-order valence-electron chi connectivity index (χ4n) is 4.60. The summed E-state index contributed by atoms with van der Waals surface area (Å²) in [5.74, 6) is 0.877. The van der Waals surface area contributed by atoms with Crippen LogP contribution < -0.4 is 5.32 Å². The summed E-state index contributed by atoms with van der Waals surface area (Å²) in [4.78, 5) is 33.7. The number of pyridine rings is 2. The van der Waals surface area contributed by atoms with E-state index in [0.29, 0.717) is 18.1 Å². The molecule has 7 rings (SSSR count). The van der Waals surface area contributed by atoms with Crippen LogP contribution >= 0.6 is 0 Å². The van der Waals surface area contributed by atoms with Crippen LogP contribution in [0.3, 0.4) is 0 Å². The van der Waals surface area contributed by atoms with E-state index < -0.39 is 0 Å². The monoisotopic (exact) mass is 474 g/mol. The molecule has 1 aliphatic carbocycles. The highest BCUT2D eigenvalue weighted by atomic mass is 16.2. The lowest BCUT2D eigenvalue weighted by Crippen LogP contribution is -2.13. The van der Waals surface area contributed by atoms with Gasteiger partial charge in [0.2, 0.25) is 5.91 Å². The molecule has 9 heteroatoms. The van der Waals surface area contributed by atoms with E-state index in [-0.39, 0.29) is 11.8 Å². The number of carbonyl (C=O) groups excluding carboxylic acids is 1. The first-order valence-electron chi connectivity index (χ1n) is 12.0. The lowest BCUT2D eigenvalue weighted by molar-refractivity contribution is -0.117. The Bertz CT molecular complexity index is 1710. The predicted molar refractivity (Wildman–Crippen MR) is 140 cm³/mol. The number of nitrogens with zero attached hydrogens (tertiary/aromatic N) is 5. The van der Waals surface area contributed by atoms with E-state index in [0.717, 1.165) is 69.2 Å². The molecule has 1 saturated carbocycles. The highest BCUT2D eigenvalue weighted by Crippen LogP contribution is 2.33. The van der Waals surface area contributed by atoms with Gasteiger partial charge in [0.15, 0.2) is 5.82 Å². The van der Waals surface area contributed by atoms with Crippen molar-refractivity contribution < 1.29 is 4.79 Å². The van der Waals surface area contributed by atoms with Gasteiger partial charge in [-0.15, -0.1) is 0 Å². The number of imidazole rings is 1. The lowest BCUT2D eigenvalue weighted by Gasteiger charge is -2.08. The van der Waals surface area contributed by atoms with Crippen LogP contribution in [0.2, 0.25) is 0 Å². The van der Waals surface area contributed by atoms with E-state index in [1.807, 2.05) is 30.6 Å². The number of rotatable bonds is 5. The molecule has 5 aromatic rings. The Labute approximate surface area is 205 Å². The second-order valence-electron chi connectivity index (χ2n) is 9.22. The summed E-state index contributed by atoms with van der Waals surface area (Å²) in [6.07, 6.45) is 13.9. The molecular formula is C27H22N8O. The molecule has 2 aliphatic rings. The van der Waals surface area contributed by atoms with Crippen molar-refractivity contribution in [2.24, 2.45) is 10.9 Å². The van der Waals surface area contributed by atoms with Crippen molar-refractivity contribution in [1.82, 2.24) is 30.1 Å². The zero-order chi connectivity index (χ0) is 24.1. The van der Waals surface area contributed by atoms with E-state index >= 15 is 0 Å². The molecule has 1 aromatic carbocycles. The molecule has 0 spiro atoms. The minimum Gasteiger partial charge on any atom is -0.335 e. The number of allylic oxidation sites excluding steroid dienone is 1. The van der Waals surface area contributed by atoms with Gasteiger partial charge < -0.3 is 10.3 Å². The maximum absolute atomic E-state index is 12.2. The molecule has 4 aromatic heterocycles. The molecule has 36 heavy (non-hydrogen) atoms. The number of anilines is 1. The molecule has 0 unspecified atom stereocenters. The van der Waals surface area contributed by atoms with Crippen molar-refractivity contribution in [1.29, 1.82) is 0 Å². The molecule has 0 saturated heterocycles. The minimum atomic E-state index is 0.0658. The number of carbonyl (C=O) groups is 1. The number of amides is 1. The maximum atomic E-state index is 12.2. The van der Waals surface area contributed by atoms with Crippen molar-refractivity contribution in [3.63, 3.8) is 0 Å². The second kappa shape index (κ2) is 8.23. The van der Waals surface area contributed by atoms with E-state index in [9.17, 15) is 4.79 Å². The normalized spacial score (nSPS) is 15.4. The first-order chi connectivity index (χ1) is 17.7. The number of nitrogens with one attached hydrogen (secondary N) is 3. The number of H-pyrrole nitrogens is 2. The second-order valence-corrected chi connectivity index (χ2v) is 9.22. The zero-order valence-electron chi connectivity index (χ0n) is 19.3. The van der Waals surface area contributed by atoms with Gasteiger partial charge in [0.1, 0.15) is 5.69 Å². The number of aliphatic imine (C=N–C) groups is 1. The molecule has 1 fully saturated rings. The summed E-state index contributed by atoms with van der Waals surface area (Å²) in [6, 6.07) is 8.04. The van der Waals surface area contributed by atoms with Gasteiger partial charge in [-0.1, -0.05) is 12.1 Å². The van der Waals surface area contributed by atoms with Crippen molar-refractivity contribution in [2.45, 2.75) is 19.3 Å². The fraction of sp³-hybridized carbons (Fsp3) is 0.185. The number of hydrogen-bond donors (Lipinski definition) is 3. The summed E-state index contributed by atoms with van der Waals surface area (Å²) in [6.45, 7) is 0.631. The van der Waals surface area contributed by atoms with Gasteiger partial charge >= 0.3 is 0 Å². The number of dihydropyridines is 1. The summed E-state index contributed by atoms with van der Waals surface area (Å²) in [7, 11) is 0. The molecule has 0 atom stereocenters. The van der Waals surface area contributed by atoms with Gasteiger partial charge in [-0.2, -0.15) is 5.10 Å². The predicted octanol–water partition coefficient (Wildman–Crippen LogP) is 4.77. The maximum Gasteiger partial charge on any atom is 0.227 e. The van der Waals surface area contributed by atoms with Crippen molar-refractivity contribution in [2.75, 3.05) is 11.9 Å². The third-order valence-electron chi connectivity index (χ3n) is 6.67. The first kappa shape index (κ1) is 20.7. The first-order valence-corrected chi connectivity index (χ1v) is 12.0. The van der Waals surface area contributed by atoms with Crippen LogP contribution in [0.1, 0.15) is 24.8 Å². The van der Waals surface area contributed by atoms with Crippen LogP contribution in [0.25, 0.3) is 50.2 Å². The Hall–Kier alpha value is -4.66. The minimum absolute atomic E-state index is 0.0658. The highest BCUT2D eigenvalue weighted by Gasteiger charge is 2.29. The molecule has 1 amide bonds. The molecule has 3 N–H and O–H groups in total. The van der Waals surface area contributed by atoms with E-state index in [4.69, 9.17) is 4.98 Å². The van der Waals surface area contributed by atoms with Crippen molar-refractivity contribution in [3.05, 3.63) is 60.7 Å². The molecule has 0 bridgehead atoms. The van der Waals surface area contributed by atoms with Crippen molar-refractivity contribution >= 4 is 45.3 Å². The third-order valence-corrected chi connectivity index (χ3v) is 6.67. The standard InChI is InChI=1S/C27H22N8O/c36-27(15-3-4-15)31-19-8-18(11-29-12-19)16-5-6-22-20(9-16)25(35-34-22)26-32-23-14-30-13-21(24(23)33-26)17-2-1-7-28-10-17/h2,5-9,11-15H,1,3-4,10H2,(H,31,36)(H,32,33)(H,34,35). The van der Waals surface area contributed by atoms with Crippen LogP contribution in [0.15, 0.2) is 60.1 Å². The number of aromatic nitrogens is 6. The average molecular weight is 475 g/mol. The Kier molecular flexibility index (Phi) is 4.73. The molecule has 0 radical (unpaired) electrons. The van der Waals surface area contributed by atoms with Crippen LogP contribution in [-0.4, -0.2) is 48.8 Å². The average Bonchev–Trinajstić information content (AvgIpc) is 3.55. The Morgan fingerprint density at radius 2 is 1.92 bits per heavy atom. The lowest BCUT2D eigenvalue weighted by atomic mass is 10.0. The van der Waals surface area contributed by atoms with Gasteiger partial charge in [0, 0.05) is 47.5 Å². The smallest absolute Gasteiger partial charge is 0.227 e. The summed E-state index contributed by atoms with van der Waals surface area (Å²) < 4.78 is 0. The number of fused-ring (bicyclic) bond motifs is 2. The summed E-state index contributed by atoms with van der Waals surface area (Å²) >= 11 is 0. The summed E-state index contributed by atoms with van der Waals surface area (Å²) in [5.41, 5.74) is 8.07. The number of aromatic amines is 2.